The molecule has 0 bridgehead atoms. The van der Waals surface area contributed by atoms with Crippen LogP contribution in [0.25, 0.3) is 44.0 Å². The van der Waals surface area contributed by atoms with Gasteiger partial charge in [0.15, 0.2) is 5.82 Å². The van der Waals surface area contributed by atoms with Crippen molar-refractivity contribution in [2.75, 3.05) is 33.4 Å². The van der Waals surface area contributed by atoms with Crippen LogP contribution in [0.3, 0.4) is 0 Å². The quantitative estimate of drug-likeness (QED) is 0.161. The minimum atomic E-state index is -0.739. The third kappa shape index (κ3) is 5.47. The maximum absolute atomic E-state index is 14.6. The van der Waals surface area contributed by atoms with Crippen molar-refractivity contribution in [2.24, 2.45) is 7.05 Å². The molecule has 5 aromatic rings. The van der Waals surface area contributed by atoms with Crippen molar-refractivity contribution in [1.82, 2.24) is 24.8 Å². The minimum Gasteiger partial charge on any atom is -0.490 e. The van der Waals surface area contributed by atoms with Gasteiger partial charge in [-0.3, -0.25) is 4.90 Å². The number of thiophene rings is 1. The summed E-state index contributed by atoms with van der Waals surface area (Å²) in [4.78, 5) is 12.6. The highest BCUT2D eigenvalue weighted by atomic mass is 32.1. The number of ether oxygens (including phenoxy) is 2. The van der Waals surface area contributed by atoms with Gasteiger partial charge in [-0.05, 0) is 59.8 Å². The highest BCUT2D eigenvalue weighted by Crippen LogP contribution is 2.46. The number of halogens is 1. The molecule has 10 heteroatoms. The minimum absolute atomic E-state index is 0.281. The van der Waals surface area contributed by atoms with Crippen LogP contribution in [-0.2, 0) is 37.7 Å². The van der Waals surface area contributed by atoms with E-state index in [4.69, 9.17) is 19.4 Å². The zero-order valence-corrected chi connectivity index (χ0v) is 26.3. The Morgan fingerprint density at radius 3 is 2.84 bits per heavy atom. The van der Waals surface area contributed by atoms with Gasteiger partial charge in [-0.25, -0.2) is 14.4 Å². The van der Waals surface area contributed by atoms with Crippen LogP contribution in [0, 0.1) is 5.82 Å². The monoisotopic (exact) mass is 625 g/mol. The summed E-state index contributed by atoms with van der Waals surface area (Å²) in [6.45, 7) is 7.43. The third-order valence-corrected chi connectivity index (χ3v) is 9.75. The summed E-state index contributed by atoms with van der Waals surface area (Å²) in [5.41, 5.74) is 8.91. The van der Waals surface area contributed by atoms with Gasteiger partial charge in [-0.1, -0.05) is 18.7 Å². The van der Waals surface area contributed by atoms with Crippen molar-refractivity contribution in [3.63, 3.8) is 0 Å². The predicted octanol–water partition coefficient (Wildman–Crippen LogP) is 5.70. The number of fused-ring (bicyclic) bond motifs is 3. The summed E-state index contributed by atoms with van der Waals surface area (Å²) in [5.74, 6) is 0.769. The van der Waals surface area contributed by atoms with Crippen LogP contribution in [0.5, 0.6) is 5.75 Å². The molecule has 0 radical (unpaired) electrons. The average Bonchev–Trinajstić information content (AvgIpc) is 3.68. The van der Waals surface area contributed by atoms with Crippen molar-refractivity contribution < 1.29 is 19.0 Å². The first-order valence-corrected chi connectivity index (χ1v) is 16.1. The van der Waals surface area contributed by atoms with E-state index in [-0.39, 0.29) is 12.4 Å². The number of aliphatic hydroxyl groups excluding tert-OH is 1. The molecule has 8 nitrogen and oxygen atoms in total. The molecule has 1 atom stereocenters. The maximum atomic E-state index is 14.6. The van der Waals surface area contributed by atoms with Gasteiger partial charge in [0.1, 0.15) is 30.1 Å². The molecule has 2 aliphatic rings. The number of benzene rings is 2. The van der Waals surface area contributed by atoms with Gasteiger partial charge < -0.3 is 24.5 Å². The van der Waals surface area contributed by atoms with Gasteiger partial charge in [0.2, 0.25) is 0 Å². The lowest BCUT2D eigenvalue weighted by atomic mass is 9.94. The smallest absolute Gasteiger partial charge is 0.159 e. The van der Waals surface area contributed by atoms with E-state index in [9.17, 15) is 9.50 Å². The number of rotatable bonds is 9. The number of aliphatic hydroxyl groups is 1. The Kier molecular flexibility index (Phi) is 8.24. The topological polar surface area (TPSA) is 84.7 Å². The molecule has 1 unspecified atom stereocenters. The molecular formula is C35H36FN5O3S. The van der Waals surface area contributed by atoms with Crippen molar-refractivity contribution in [1.29, 1.82) is 0 Å². The van der Waals surface area contributed by atoms with E-state index in [0.29, 0.717) is 31.1 Å². The maximum Gasteiger partial charge on any atom is 0.159 e. The molecule has 45 heavy (non-hydrogen) atoms. The fourth-order valence-corrected chi connectivity index (χ4v) is 7.43. The van der Waals surface area contributed by atoms with Crippen LogP contribution < -0.4 is 10.1 Å². The lowest BCUT2D eigenvalue weighted by molar-refractivity contribution is 0.0304. The number of hydrogen-bond acceptors (Lipinski definition) is 8. The molecule has 0 fully saturated rings. The van der Waals surface area contributed by atoms with Crippen molar-refractivity contribution in [2.45, 2.75) is 32.2 Å². The van der Waals surface area contributed by atoms with Gasteiger partial charge >= 0.3 is 0 Å². The summed E-state index contributed by atoms with van der Waals surface area (Å²) in [5, 5.41) is 17.0. The number of methoxy groups -OCH3 is 1. The predicted molar refractivity (Wildman–Crippen MR) is 176 cm³/mol. The van der Waals surface area contributed by atoms with E-state index in [2.05, 4.69) is 46.1 Å². The first kappa shape index (κ1) is 29.8. The van der Waals surface area contributed by atoms with E-state index in [0.717, 1.165) is 75.6 Å². The van der Waals surface area contributed by atoms with Crippen LogP contribution in [0.4, 0.5) is 4.39 Å². The van der Waals surface area contributed by atoms with Crippen LogP contribution in [0.15, 0.2) is 60.5 Å². The highest BCUT2D eigenvalue weighted by Gasteiger charge is 2.30. The van der Waals surface area contributed by atoms with E-state index in [1.165, 1.54) is 23.3 Å². The van der Waals surface area contributed by atoms with E-state index < -0.39 is 6.23 Å². The fraction of sp³-hybridized carbons (Fsp3) is 0.314. The second-order valence-electron chi connectivity index (χ2n) is 11.5. The molecule has 0 saturated heterocycles. The molecule has 3 aromatic heterocycles. The number of pyridine rings is 1. The van der Waals surface area contributed by atoms with Crippen molar-refractivity contribution in [3.05, 3.63) is 88.8 Å². The molecular weight excluding hydrogens is 589 g/mol. The standard InChI is InChI=1S/C35H36FN5O3S/c1-4-30(42)41-13-10-28-27(20-41)38-35(40(28)2)33-31(25-8-7-24(36)18-29(25)44-15-14-43-3)34-26(11-16-45-34)32(39-33)22-5-6-23-19-37-12-9-21(23)17-22/h4-8,11,16-18,30,37,42H,1,9-10,12-15,19-20H2,2-3H3. The van der Waals surface area contributed by atoms with Gasteiger partial charge in [0.25, 0.3) is 0 Å². The Balaban J connectivity index is 1.47. The first-order valence-electron chi connectivity index (χ1n) is 15.2. The lowest BCUT2D eigenvalue weighted by Crippen LogP contribution is -2.38. The summed E-state index contributed by atoms with van der Waals surface area (Å²) < 4.78 is 29.1. The number of hydrogen-bond donors (Lipinski definition) is 2. The number of aromatic nitrogens is 3. The van der Waals surface area contributed by atoms with Crippen LogP contribution >= 0.6 is 11.3 Å². The first-order chi connectivity index (χ1) is 22.0. The highest BCUT2D eigenvalue weighted by molar-refractivity contribution is 7.18. The Morgan fingerprint density at radius 2 is 2.00 bits per heavy atom. The number of nitrogens with one attached hydrogen (secondary N) is 1. The van der Waals surface area contributed by atoms with E-state index in [1.807, 2.05) is 11.9 Å². The van der Waals surface area contributed by atoms with E-state index in [1.54, 1.807) is 30.6 Å². The van der Waals surface area contributed by atoms with Crippen molar-refractivity contribution in [3.8, 4) is 39.7 Å². The van der Waals surface area contributed by atoms with Gasteiger partial charge in [-0.2, -0.15) is 0 Å². The Labute approximate surface area is 265 Å². The molecule has 0 amide bonds. The second-order valence-corrected chi connectivity index (χ2v) is 12.4. The average molecular weight is 626 g/mol. The normalized spacial score (nSPS) is 15.6. The van der Waals surface area contributed by atoms with Crippen LogP contribution in [-0.4, -0.2) is 64.2 Å². The molecule has 232 valence electrons. The SMILES string of the molecule is C=CC(O)N1CCc2c(nc(-c3nc(-c4ccc5c(c4)CCNC5)c4ccsc4c3-c3ccc(F)cc3OCCOC)n2C)C1. The summed E-state index contributed by atoms with van der Waals surface area (Å²) in [6.07, 6.45) is 2.50. The molecule has 7 rings (SSSR count). The fourth-order valence-electron chi connectivity index (χ4n) is 6.47. The molecule has 2 aromatic carbocycles. The van der Waals surface area contributed by atoms with Crippen LogP contribution in [0.1, 0.15) is 22.5 Å². The van der Waals surface area contributed by atoms with Gasteiger partial charge in [0, 0.05) is 78.7 Å². The summed E-state index contributed by atoms with van der Waals surface area (Å²) in [6, 6.07) is 13.4. The zero-order valence-electron chi connectivity index (χ0n) is 25.5. The Morgan fingerprint density at radius 1 is 1.11 bits per heavy atom. The van der Waals surface area contributed by atoms with Gasteiger partial charge in [0.05, 0.1) is 18.0 Å². The lowest BCUT2D eigenvalue weighted by Gasteiger charge is -2.29. The number of nitrogens with zero attached hydrogens (tertiary/aromatic N) is 4. The molecule has 5 heterocycles. The van der Waals surface area contributed by atoms with E-state index >= 15 is 0 Å². The summed E-state index contributed by atoms with van der Waals surface area (Å²) in [7, 11) is 3.64. The molecule has 2 N–H and O–H groups in total. The van der Waals surface area contributed by atoms with Crippen molar-refractivity contribution >= 4 is 21.4 Å². The molecule has 0 aliphatic carbocycles. The molecule has 2 aliphatic heterocycles. The second kappa shape index (κ2) is 12.5. The number of imidazole rings is 1. The summed E-state index contributed by atoms with van der Waals surface area (Å²) >= 11 is 1.63. The Bertz CT molecular complexity index is 1900. The van der Waals surface area contributed by atoms with Gasteiger partial charge in [-0.15, -0.1) is 11.3 Å². The zero-order chi connectivity index (χ0) is 31.1. The largest absolute Gasteiger partial charge is 0.490 e. The molecule has 0 saturated carbocycles. The molecule has 0 spiro atoms. The van der Waals surface area contributed by atoms with Crippen LogP contribution in [0.2, 0.25) is 0 Å². The Hall–Kier alpha value is -3.93. The third-order valence-electron chi connectivity index (χ3n) is 8.81.